The summed E-state index contributed by atoms with van der Waals surface area (Å²) in [6, 6.07) is 5.52. The van der Waals surface area contributed by atoms with Crippen LogP contribution >= 0.6 is 11.3 Å². The third-order valence-electron chi connectivity index (χ3n) is 5.63. The molecule has 3 heterocycles. The zero-order valence-electron chi connectivity index (χ0n) is 17.8. The maximum absolute atomic E-state index is 12.2. The predicted octanol–water partition coefficient (Wildman–Crippen LogP) is 2.88. The normalized spacial score (nSPS) is 16.4. The van der Waals surface area contributed by atoms with Crippen molar-refractivity contribution in [3.8, 4) is 17.4 Å². The van der Waals surface area contributed by atoms with E-state index in [0.717, 1.165) is 10.4 Å². The van der Waals surface area contributed by atoms with E-state index in [2.05, 4.69) is 15.0 Å². The molecule has 9 nitrogen and oxygen atoms in total. The van der Waals surface area contributed by atoms with Gasteiger partial charge in [-0.2, -0.15) is 9.61 Å². The number of aromatic hydroxyl groups is 1. The van der Waals surface area contributed by atoms with E-state index in [1.807, 2.05) is 25.1 Å². The molecular formula is C21H26N4O5S. The molecule has 1 aliphatic rings. The molecule has 166 valence electrons. The molecule has 1 N–H and O–H groups in total. The average Bonchev–Trinajstić information content (AvgIpc) is 3.37. The molecule has 2 aromatic heterocycles. The Morgan fingerprint density at radius 2 is 2.00 bits per heavy atom. The topological polar surface area (TPSA) is 98.4 Å². The predicted molar refractivity (Wildman–Crippen MR) is 115 cm³/mol. The van der Waals surface area contributed by atoms with Gasteiger partial charge in [0.15, 0.2) is 11.5 Å². The Hall–Kier alpha value is -2.85. The number of aromatic nitrogens is 3. The number of rotatable bonds is 7. The number of likely N-dealkylation sites (tertiary alicyclic amines) is 1. The van der Waals surface area contributed by atoms with Crippen molar-refractivity contribution in [1.29, 1.82) is 0 Å². The fraction of sp³-hybridized carbons (Fsp3) is 0.476. The summed E-state index contributed by atoms with van der Waals surface area (Å²) in [6.07, 6.45) is 2.82. The van der Waals surface area contributed by atoms with E-state index in [9.17, 15) is 9.90 Å². The van der Waals surface area contributed by atoms with Crippen LogP contribution in [0.25, 0.3) is 4.96 Å². The van der Waals surface area contributed by atoms with Crippen LogP contribution in [-0.2, 0) is 9.53 Å². The van der Waals surface area contributed by atoms with Crippen LogP contribution in [0, 0.1) is 5.92 Å². The van der Waals surface area contributed by atoms with Crippen molar-refractivity contribution < 1.29 is 24.1 Å². The van der Waals surface area contributed by atoms with Crippen molar-refractivity contribution in [2.45, 2.75) is 25.8 Å². The standard InChI is InChI=1S/C21H26N4O5S/c1-4-30-20(27)13-7-9-24(10-8-13)17(14-5-6-15(28-2)16(11-14)29-3)18-19(26)25-21(31-18)22-12-23-25/h5-6,11-13,17,26H,4,7-10H2,1-3H3/t17-/m1/s1. The maximum Gasteiger partial charge on any atom is 0.309 e. The number of piperidine rings is 1. The number of benzene rings is 1. The second kappa shape index (κ2) is 9.11. The first-order valence-electron chi connectivity index (χ1n) is 10.2. The fourth-order valence-corrected chi connectivity index (χ4v) is 5.17. The highest BCUT2D eigenvalue weighted by Gasteiger charge is 2.34. The average molecular weight is 447 g/mol. The van der Waals surface area contributed by atoms with Gasteiger partial charge in [-0.05, 0) is 50.6 Å². The quantitative estimate of drug-likeness (QED) is 0.553. The number of esters is 1. The summed E-state index contributed by atoms with van der Waals surface area (Å²) in [5.41, 5.74) is 0.951. The minimum Gasteiger partial charge on any atom is -0.493 e. The molecule has 0 aliphatic carbocycles. The zero-order valence-corrected chi connectivity index (χ0v) is 18.6. The lowest BCUT2D eigenvalue weighted by atomic mass is 9.93. The Balaban J connectivity index is 1.70. The first kappa shape index (κ1) is 21.4. The van der Waals surface area contributed by atoms with Crippen molar-refractivity contribution in [3.05, 3.63) is 35.0 Å². The monoisotopic (exact) mass is 446 g/mol. The number of nitrogens with zero attached hydrogens (tertiary/aromatic N) is 4. The van der Waals surface area contributed by atoms with E-state index in [1.165, 1.54) is 22.2 Å². The molecule has 10 heteroatoms. The van der Waals surface area contributed by atoms with Crippen molar-refractivity contribution in [2.24, 2.45) is 5.92 Å². The zero-order chi connectivity index (χ0) is 22.0. The minimum absolute atomic E-state index is 0.0739. The third kappa shape index (κ3) is 4.05. The molecule has 0 radical (unpaired) electrons. The van der Waals surface area contributed by atoms with Gasteiger partial charge in [0.25, 0.3) is 0 Å². The number of carbonyl (C=O) groups is 1. The Morgan fingerprint density at radius 1 is 1.26 bits per heavy atom. The number of methoxy groups -OCH3 is 2. The fourth-order valence-electron chi connectivity index (χ4n) is 4.08. The highest BCUT2D eigenvalue weighted by molar-refractivity contribution is 7.17. The van der Waals surface area contributed by atoms with Crippen LogP contribution < -0.4 is 9.47 Å². The van der Waals surface area contributed by atoms with Crippen molar-refractivity contribution in [1.82, 2.24) is 19.5 Å². The van der Waals surface area contributed by atoms with Gasteiger partial charge in [-0.1, -0.05) is 17.4 Å². The van der Waals surface area contributed by atoms with Crippen LogP contribution in [0.5, 0.6) is 17.4 Å². The molecular weight excluding hydrogens is 420 g/mol. The van der Waals surface area contributed by atoms with Crippen LogP contribution in [0.4, 0.5) is 0 Å². The van der Waals surface area contributed by atoms with E-state index in [0.29, 0.717) is 49.0 Å². The Morgan fingerprint density at radius 3 is 2.65 bits per heavy atom. The van der Waals surface area contributed by atoms with Gasteiger partial charge < -0.3 is 19.3 Å². The van der Waals surface area contributed by atoms with E-state index in [4.69, 9.17) is 14.2 Å². The van der Waals surface area contributed by atoms with Gasteiger partial charge in [-0.3, -0.25) is 9.69 Å². The summed E-state index contributed by atoms with van der Waals surface area (Å²) in [6.45, 7) is 3.60. The molecule has 1 aliphatic heterocycles. The molecule has 1 aromatic carbocycles. The summed E-state index contributed by atoms with van der Waals surface area (Å²) in [4.78, 5) is 20.0. The van der Waals surface area contributed by atoms with E-state index in [-0.39, 0.29) is 23.8 Å². The second-order valence-electron chi connectivity index (χ2n) is 7.32. The van der Waals surface area contributed by atoms with E-state index < -0.39 is 0 Å². The first-order valence-corrected chi connectivity index (χ1v) is 11.0. The van der Waals surface area contributed by atoms with Crippen LogP contribution in [0.3, 0.4) is 0 Å². The van der Waals surface area contributed by atoms with Crippen molar-refractivity contribution in [3.63, 3.8) is 0 Å². The SMILES string of the molecule is CCOC(=O)C1CCN([C@H](c2ccc(OC)c(OC)c2)c2sc3ncnn3c2O)CC1. The third-order valence-corrected chi connectivity index (χ3v) is 6.71. The number of fused-ring (bicyclic) bond motifs is 1. The molecule has 0 unspecified atom stereocenters. The van der Waals surface area contributed by atoms with E-state index in [1.54, 1.807) is 14.2 Å². The number of thiazole rings is 1. The van der Waals surface area contributed by atoms with E-state index >= 15 is 0 Å². The molecule has 0 saturated carbocycles. The molecule has 1 fully saturated rings. The molecule has 4 rings (SSSR count). The number of ether oxygens (including phenoxy) is 3. The van der Waals surface area contributed by atoms with Gasteiger partial charge in [-0.25, -0.2) is 4.98 Å². The molecule has 1 atom stereocenters. The van der Waals surface area contributed by atoms with Crippen LogP contribution in [0.2, 0.25) is 0 Å². The number of carbonyl (C=O) groups excluding carboxylic acids is 1. The van der Waals surface area contributed by atoms with Crippen LogP contribution in [-0.4, -0.2) is 64.5 Å². The highest BCUT2D eigenvalue weighted by atomic mass is 32.1. The first-order chi connectivity index (χ1) is 15.1. The highest BCUT2D eigenvalue weighted by Crippen LogP contribution is 2.43. The second-order valence-corrected chi connectivity index (χ2v) is 8.33. The number of hydrogen-bond donors (Lipinski definition) is 1. The largest absolute Gasteiger partial charge is 0.493 e. The van der Waals surface area contributed by atoms with Gasteiger partial charge in [0.05, 0.1) is 37.7 Å². The van der Waals surface area contributed by atoms with Gasteiger partial charge in [-0.15, -0.1) is 0 Å². The van der Waals surface area contributed by atoms with Gasteiger partial charge in [0.1, 0.15) is 6.33 Å². The Kier molecular flexibility index (Phi) is 6.28. The van der Waals surface area contributed by atoms with Crippen LogP contribution in [0.1, 0.15) is 36.2 Å². The van der Waals surface area contributed by atoms with Crippen LogP contribution in [0.15, 0.2) is 24.5 Å². The number of hydrogen-bond acceptors (Lipinski definition) is 9. The summed E-state index contributed by atoms with van der Waals surface area (Å²) in [7, 11) is 3.20. The van der Waals surface area contributed by atoms with Crippen molar-refractivity contribution >= 4 is 22.3 Å². The Labute approximate surface area is 184 Å². The smallest absolute Gasteiger partial charge is 0.309 e. The molecule has 0 amide bonds. The molecule has 3 aromatic rings. The molecule has 1 saturated heterocycles. The summed E-state index contributed by atoms with van der Waals surface area (Å²) < 4.78 is 17.5. The lowest BCUT2D eigenvalue weighted by Gasteiger charge is -2.36. The summed E-state index contributed by atoms with van der Waals surface area (Å²) >= 11 is 1.40. The van der Waals surface area contributed by atoms with Gasteiger partial charge in [0, 0.05) is 0 Å². The van der Waals surface area contributed by atoms with Crippen molar-refractivity contribution in [2.75, 3.05) is 33.9 Å². The molecule has 31 heavy (non-hydrogen) atoms. The van der Waals surface area contributed by atoms with Gasteiger partial charge >= 0.3 is 5.97 Å². The maximum atomic E-state index is 12.2. The van der Waals surface area contributed by atoms with Gasteiger partial charge in [0.2, 0.25) is 10.8 Å². The lowest BCUT2D eigenvalue weighted by molar-refractivity contribution is -0.149. The molecule has 0 spiro atoms. The minimum atomic E-state index is -0.239. The molecule has 0 bridgehead atoms. The summed E-state index contributed by atoms with van der Waals surface area (Å²) in [5, 5.41) is 15.0. The Bertz CT molecular complexity index is 1060. The lowest BCUT2D eigenvalue weighted by Crippen LogP contribution is -2.39. The summed E-state index contributed by atoms with van der Waals surface area (Å²) in [5.74, 6) is 1.10.